The highest BCUT2D eigenvalue weighted by Gasteiger charge is 2.33. The van der Waals surface area contributed by atoms with Crippen molar-refractivity contribution in [1.29, 1.82) is 0 Å². The zero-order valence-electron chi connectivity index (χ0n) is 10.0. The number of hydrogen-bond donors (Lipinski definition) is 1. The lowest BCUT2D eigenvalue weighted by molar-refractivity contribution is -0.275. The maximum atomic E-state index is 12.2. The van der Waals surface area contributed by atoms with Gasteiger partial charge < -0.3 is 19.9 Å². The molecule has 0 radical (unpaired) electrons. The molecule has 0 spiro atoms. The summed E-state index contributed by atoms with van der Waals surface area (Å²) in [4.78, 5) is 0. The number of benzene rings is 1. The van der Waals surface area contributed by atoms with Crippen LogP contribution in [0.1, 0.15) is 5.56 Å². The molecule has 0 aliphatic carbocycles. The van der Waals surface area contributed by atoms with Crippen LogP contribution >= 0.6 is 0 Å². The van der Waals surface area contributed by atoms with Gasteiger partial charge in [0.1, 0.15) is 5.75 Å². The summed E-state index contributed by atoms with van der Waals surface area (Å²) in [5.74, 6) is -0.181. The zero-order valence-corrected chi connectivity index (χ0v) is 10.0. The Balaban J connectivity index is 3.17. The fraction of sp³-hybridized carbons (Fsp3) is 0.455. The van der Waals surface area contributed by atoms with E-state index in [2.05, 4.69) is 4.74 Å². The number of methoxy groups -OCH3 is 2. The number of nitrogens with two attached hydrogens (primary N) is 1. The summed E-state index contributed by atoms with van der Waals surface area (Å²) < 4.78 is 50.3. The first-order valence-corrected chi connectivity index (χ1v) is 5.12. The van der Waals surface area contributed by atoms with Crippen LogP contribution in [0.4, 0.5) is 13.2 Å². The average Bonchev–Trinajstić information content (AvgIpc) is 2.28. The van der Waals surface area contributed by atoms with Crippen molar-refractivity contribution in [2.24, 2.45) is 5.73 Å². The average molecular weight is 265 g/mol. The van der Waals surface area contributed by atoms with E-state index in [1.165, 1.54) is 20.3 Å². The van der Waals surface area contributed by atoms with Crippen LogP contribution in [0.15, 0.2) is 12.1 Å². The van der Waals surface area contributed by atoms with Gasteiger partial charge in [-0.3, -0.25) is 0 Å². The Bertz CT molecular complexity index is 407. The van der Waals surface area contributed by atoms with Crippen molar-refractivity contribution in [3.63, 3.8) is 0 Å². The van der Waals surface area contributed by atoms with Crippen molar-refractivity contribution in [3.05, 3.63) is 17.7 Å². The SMILES string of the molecule is COc1cc(OC(F)(F)F)c(OC)cc1CCN. The molecule has 0 amide bonds. The molecule has 7 heteroatoms. The van der Waals surface area contributed by atoms with Gasteiger partial charge in [0.2, 0.25) is 0 Å². The molecule has 0 fully saturated rings. The molecule has 0 aliphatic heterocycles. The Labute approximate surface area is 102 Å². The van der Waals surface area contributed by atoms with Crippen molar-refractivity contribution in [1.82, 2.24) is 0 Å². The van der Waals surface area contributed by atoms with Gasteiger partial charge in [-0.1, -0.05) is 0 Å². The second-order valence-electron chi connectivity index (χ2n) is 3.40. The predicted octanol–water partition coefficient (Wildman–Crippen LogP) is 2.10. The summed E-state index contributed by atoms with van der Waals surface area (Å²) in [7, 11) is 2.62. The standard InChI is InChI=1S/C11H14F3NO3/c1-16-8-6-10(18-11(12,13)14)9(17-2)5-7(8)3-4-15/h5-6H,3-4,15H2,1-2H3. The molecule has 0 bridgehead atoms. The maximum absolute atomic E-state index is 12.2. The van der Waals surface area contributed by atoms with Gasteiger partial charge in [0.05, 0.1) is 14.2 Å². The van der Waals surface area contributed by atoms with Gasteiger partial charge in [-0.15, -0.1) is 13.2 Å². The summed E-state index contributed by atoms with van der Waals surface area (Å²) in [6.45, 7) is 0.346. The van der Waals surface area contributed by atoms with Gasteiger partial charge in [-0.05, 0) is 24.6 Å². The monoisotopic (exact) mass is 265 g/mol. The van der Waals surface area contributed by atoms with Gasteiger partial charge >= 0.3 is 6.36 Å². The molecule has 1 rings (SSSR count). The van der Waals surface area contributed by atoms with Crippen LogP contribution in [-0.2, 0) is 6.42 Å². The van der Waals surface area contributed by atoms with Crippen molar-refractivity contribution < 1.29 is 27.4 Å². The molecule has 1 aromatic rings. The van der Waals surface area contributed by atoms with Gasteiger partial charge in [-0.25, -0.2) is 0 Å². The van der Waals surface area contributed by atoms with Crippen LogP contribution in [0.3, 0.4) is 0 Å². The molecular formula is C11H14F3NO3. The third kappa shape index (κ3) is 3.69. The number of hydrogen-bond acceptors (Lipinski definition) is 4. The Morgan fingerprint density at radius 2 is 1.67 bits per heavy atom. The van der Waals surface area contributed by atoms with Crippen LogP contribution < -0.4 is 19.9 Å². The number of ether oxygens (including phenoxy) is 3. The van der Waals surface area contributed by atoms with Crippen LogP contribution in [0.25, 0.3) is 0 Å². The van der Waals surface area contributed by atoms with Gasteiger partial charge in [0.25, 0.3) is 0 Å². The Morgan fingerprint density at radius 3 is 2.11 bits per heavy atom. The number of rotatable bonds is 5. The van der Waals surface area contributed by atoms with E-state index < -0.39 is 12.1 Å². The molecule has 18 heavy (non-hydrogen) atoms. The molecule has 0 saturated heterocycles. The predicted molar refractivity (Wildman–Crippen MR) is 59.0 cm³/mol. The first-order valence-electron chi connectivity index (χ1n) is 5.12. The van der Waals surface area contributed by atoms with Crippen molar-refractivity contribution in [2.45, 2.75) is 12.8 Å². The van der Waals surface area contributed by atoms with E-state index in [1.807, 2.05) is 0 Å². The molecule has 102 valence electrons. The Kier molecular flexibility index (Phi) is 4.66. The number of halogens is 3. The molecule has 4 nitrogen and oxygen atoms in total. The number of alkyl halides is 3. The minimum Gasteiger partial charge on any atom is -0.496 e. The van der Waals surface area contributed by atoms with Gasteiger partial charge in [-0.2, -0.15) is 0 Å². The summed E-state index contributed by atoms with van der Waals surface area (Å²) >= 11 is 0. The third-order valence-corrected chi connectivity index (χ3v) is 2.21. The van der Waals surface area contributed by atoms with Crippen molar-refractivity contribution in [3.8, 4) is 17.2 Å². The van der Waals surface area contributed by atoms with Crippen molar-refractivity contribution >= 4 is 0 Å². The fourth-order valence-electron chi connectivity index (χ4n) is 1.49. The smallest absolute Gasteiger partial charge is 0.496 e. The summed E-state index contributed by atoms with van der Waals surface area (Å²) in [5, 5.41) is 0. The van der Waals surface area contributed by atoms with E-state index in [-0.39, 0.29) is 11.5 Å². The van der Waals surface area contributed by atoms with Crippen LogP contribution in [0, 0.1) is 0 Å². The quantitative estimate of drug-likeness (QED) is 0.885. The first-order chi connectivity index (χ1) is 8.41. The molecule has 2 N–H and O–H groups in total. The molecule has 0 aromatic heterocycles. The summed E-state index contributed by atoms with van der Waals surface area (Å²) in [6, 6.07) is 2.56. The first kappa shape index (κ1) is 14.4. The highest BCUT2D eigenvalue weighted by molar-refractivity contribution is 5.51. The molecule has 1 aromatic carbocycles. The second-order valence-corrected chi connectivity index (χ2v) is 3.40. The molecule has 0 atom stereocenters. The van der Waals surface area contributed by atoms with Crippen LogP contribution in [-0.4, -0.2) is 27.1 Å². The van der Waals surface area contributed by atoms with Crippen LogP contribution in [0.2, 0.25) is 0 Å². The fourth-order valence-corrected chi connectivity index (χ4v) is 1.49. The van der Waals surface area contributed by atoms with Crippen LogP contribution in [0.5, 0.6) is 17.2 Å². The van der Waals surface area contributed by atoms with E-state index in [4.69, 9.17) is 15.2 Å². The lowest BCUT2D eigenvalue weighted by Gasteiger charge is -2.16. The lowest BCUT2D eigenvalue weighted by Crippen LogP contribution is -2.18. The second kappa shape index (κ2) is 5.81. The maximum Gasteiger partial charge on any atom is 0.573 e. The minimum absolute atomic E-state index is 0.0171. The highest BCUT2D eigenvalue weighted by Crippen LogP contribution is 2.37. The topological polar surface area (TPSA) is 53.7 Å². The van der Waals surface area contributed by atoms with E-state index in [9.17, 15) is 13.2 Å². The van der Waals surface area contributed by atoms with E-state index in [1.54, 1.807) is 0 Å². The Hall–Kier alpha value is -1.63. The normalized spacial score (nSPS) is 11.2. The Morgan fingerprint density at radius 1 is 1.06 bits per heavy atom. The molecular weight excluding hydrogens is 251 g/mol. The minimum atomic E-state index is -4.78. The molecule has 0 aliphatic rings. The molecule has 0 unspecified atom stereocenters. The lowest BCUT2D eigenvalue weighted by atomic mass is 10.1. The summed E-state index contributed by atoms with van der Waals surface area (Å²) in [5.41, 5.74) is 6.07. The van der Waals surface area contributed by atoms with E-state index in [0.29, 0.717) is 18.5 Å². The van der Waals surface area contributed by atoms with Gasteiger partial charge in [0.15, 0.2) is 11.5 Å². The van der Waals surface area contributed by atoms with E-state index >= 15 is 0 Å². The molecule has 0 saturated carbocycles. The zero-order chi connectivity index (χ0) is 13.8. The van der Waals surface area contributed by atoms with E-state index in [0.717, 1.165) is 6.07 Å². The van der Waals surface area contributed by atoms with Gasteiger partial charge in [0, 0.05) is 6.07 Å². The third-order valence-electron chi connectivity index (χ3n) is 2.21. The highest BCUT2D eigenvalue weighted by atomic mass is 19.4. The van der Waals surface area contributed by atoms with Crippen molar-refractivity contribution in [2.75, 3.05) is 20.8 Å². The molecule has 0 heterocycles. The summed E-state index contributed by atoms with van der Waals surface area (Å²) in [6.07, 6.45) is -4.32. The largest absolute Gasteiger partial charge is 0.573 e.